The zero-order chi connectivity index (χ0) is 41.7. The molecule has 0 radical (unpaired) electrons. The van der Waals surface area contributed by atoms with Crippen molar-refractivity contribution in [2.45, 2.75) is 0 Å². The van der Waals surface area contributed by atoms with Crippen LogP contribution in [-0.2, 0) is 0 Å². The summed E-state index contributed by atoms with van der Waals surface area (Å²) in [7, 11) is 0. The van der Waals surface area contributed by atoms with E-state index in [1.165, 1.54) is 64.4 Å². The van der Waals surface area contributed by atoms with Crippen molar-refractivity contribution in [1.29, 1.82) is 0 Å². The molecule has 3 aromatic heterocycles. The van der Waals surface area contributed by atoms with E-state index >= 15 is 0 Å². The van der Waals surface area contributed by atoms with Gasteiger partial charge in [0.05, 0.1) is 11.0 Å². The van der Waals surface area contributed by atoms with Gasteiger partial charge in [-0.2, -0.15) is 0 Å². The molecule has 0 aliphatic rings. The number of hydrogen-bond acceptors (Lipinski definition) is 3. The molecule has 0 saturated carbocycles. The van der Waals surface area contributed by atoms with E-state index in [-0.39, 0.29) is 0 Å². The van der Waals surface area contributed by atoms with E-state index in [0.717, 1.165) is 44.9 Å². The fraction of sp³-hybridized carbons (Fsp3) is 0. The van der Waals surface area contributed by atoms with Crippen molar-refractivity contribution >= 4 is 70.4 Å². The van der Waals surface area contributed by atoms with E-state index in [2.05, 4.69) is 233 Å². The van der Waals surface area contributed by atoms with Crippen molar-refractivity contribution in [1.82, 2.24) is 9.55 Å². The molecule has 3 heterocycles. The SMILES string of the molecule is c1ccc(N(c2cccc(-c3cccc(-c4cccnc4)c3)c2)c2cccc(-c3cccc(-c4ccc5c(c4)c4ccccc4n5-c4ccc5sc6ccccc6c5c4)c3)c2)cc1. The molecule has 0 unspecified atom stereocenters. The van der Waals surface area contributed by atoms with Crippen LogP contribution in [0.15, 0.2) is 237 Å². The minimum absolute atomic E-state index is 1.09. The maximum atomic E-state index is 4.35. The van der Waals surface area contributed by atoms with Crippen molar-refractivity contribution in [3.8, 4) is 50.2 Å². The molecule has 12 aromatic rings. The minimum Gasteiger partial charge on any atom is -0.310 e. The van der Waals surface area contributed by atoms with Gasteiger partial charge in [-0.15, -0.1) is 11.3 Å². The molecular formula is C59H39N3S. The molecule has 0 N–H and O–H groups in total. The van der Waals surface area contributed by atoms with Crippen LogP contribution in [0.1, 0.15) is 0 Å². The van der Waals surface area contributed by atoms with Crippen molar-refractivity contribution in [3.05, 3.63) is 237 Å². The number of pyridine rings is 1. The molecule has 0 aliphatic heterocycles. The van der Waals surface area contributed by atoms with Gasteiger partial charge in [-0.25, -0.2) is 0 Å². The number of aromatic nitrogens is 2. The third kappa shape index (κ3) is 6.65. The summed E-state index contributed by atoms with van der Waals surface area (Å²) in [6, 6.07) is 81.6. The number of rotatable bonds is 8. The molecule has 3 nitrogen and oxygen atoms in total. The van der Waals surface area contributed by atoms with Gasteiger partial charge in [0, 0.05) is 71.7 Å². The summed E-state index contributed by atoms with van der Waals surface area (Å²) in [5.41, 5.74) is 16.1. The number of hydrogen-bond donors (Lipinski definition) is 0. The summed E-state index contributed by atoms with van der Waals surface area (Å²) >= 11 is 1.86. The van der Waals surface area contributed by atoms with Gasteiger partial charge in [0.2, 0.25) is 0 Å². The van der Waals surface area contributed by atoms with Crippen LogP contribution in [0.5, 0.6) is 0 Å². The van der Waals surface area contributed by atoms with Crippen LogP contribution >= 0.6 is 11.3 Å². The van der Waals surface area contributed by atoms with Crippen LogP contribution in [0.2, 0.25) is 0 Å². The smallest absolute Gasteiger partial charge is 0.0541 e. The summed E-state index contributed by atoms with van der Waals surface area (Å²) in [5, 5.41) is 5.11. The molecule has 0 atom stereocenters. The van der Waals surface area contributed by atoms with E-state index in [9.17, 15) is 0 Å². The lowest BCUT2D eigenvalue weighted by Gasteiger charge is -2.26. The normalized spacial score (nSPS) is 11.5. The molecule has 63 heavy (non-hydrogen) atoms. The molecule has 4 heteroatoms. The number of fused-ring (bicyclic) bond motifs is 6. The van der Waals surface area contributed by atoms with Crippen molar-refractivity contribution in [2.75, 3.05) is 4.90 Å². The van der Waals surface area contributed by atoms with E-state index in [0.29, 0.717) is 0 Å². The topological polar surface area (TPSA) is 21.1 Å². The number of anilines is 3. The third-order valence-corrected chi connectivity index (χ3v) is 13.4. The molecule has 0 amide bonds. The molecule has 0 aliphatic carbocycles. The van der Waals surface area contributed by atoms with E-state index in [4.69, 9.17) is 0 Å². The van der Waals surface area contributed by atoms with Gasteiger partial charge in [-0.05, 0) is 136 Å². The average molecular weight is 822 g/mol. The second kappa shape index (κ2) is 15.4. The van der Waals surface area contributed by atoms with Gasteiger partial charge >= 0.3 is 0 Å². The summed E-state index contributed by atoms with van der Waals surface area (Å²) in [6.45, 7) is 0. The maximum absolute atomic E-state index is 4.35. The fourth-order valence-electron chi connectivity index (χ4n) is 9.25. The van der Waals surface area contributed by atoms with Crippen LogP contribution in [-0.4, -0.2) is 9.55 Å². The Balaban J connectivity index is 0.912. The van der Waals surface area contributed by atoms with Crippen molar-refractivity contribution < 1.29 is 0 Å². The lowest BCUT2D eigenvalue weighted by molar-refractivity contribution is 1.19. The first-order chi connectivity index (χ1) is 31.2. The molecule has 296 valence electrons. The highest BCUT2D eigenvalue weighted by Gasteiger charge is 2.17. The Kier molecular flexibility index (Phi) is 9.02. The van der Waals surface area contributed by atoms with Crippen molar-refractivity contribution in [3.63, 3.8) is 0 Å². The first-order valence-electron chi connectivity index (χ1n) is 21.3. The Labute approximate surface area is 370 Å². The van der Waals surface area contributed by atoms with E-state index in [1.807, 2.05) is 29.8 Å². The van der Waals surface area contributed by atoms with E-state index < -0.39 is 0 Å². The molecule has 12 rings (SSSR count). The Bertz CT molecular complexity index is 3640. The summed E-state index contributed by atoms with van der Waals surface area (Å²) in [5.74, 6) is 0. The lowest BCUT2D eigenvalue weighted by Crippen LogP contribution is -2.10. The highest BCUT2D eigenvalue weighted by atomic mass is 32.1. The zero-order valence-electron chi connectivity index (χ0n) is 34.3. The molecule has 0 fully saturated rings. The quantitative estimate of drug-likeness (QED) is 0.152. The Hall–Kier alpha value is -8.05. The third-order valence-electron chi connectivity index (χ3n) is 12.2. The van der Waals surface area contributed by atoms with Gasteiger partial charge in [0.1, 0.15) is 0 Å². The maximum Gasteiger partial charge on any atom is 0.0541 e. The van der Waals surface area contributed by atoms with E-state index in [1.54, 1.807) is 0 Å². The second-order valence-corrected chi connectivity index (χ2v) is 17.1. The van der Waals surface area contributed by atoms with Crippen LogP contribution in [0.25, 0.3) is 92.2 Å². The standard InChI is InChI=1S/C59H39N3S/c1-2-20-48(21-3-1)61(50-23-11-18-45(36-50)41-14-9-16-43(34-41)47-19-12-32-60-39-47)49-22-10-17-44(35-49)40-13-8-15-42(33-40)46-28-30-57-54(37-46)52-24-4-6-26-56(52)62(57)51-29-31-59-55(38-51)53-25-5-7-27-58(53)63-59/h1-39H. The summed E-state index contributed by atoms with van der Waals surface area (Å²) < 4.78 is 5.06. The van der Waals surface area contributed by atoms with Gasteiger partial charge in [-0.3, -0.25) is 4.98 Å². The number of nitrogens with zero attached hydrogens (tertiary/aromatic N) is 3. The molecule has 9 aromatic carbocycles. The second-order valence-electron chi connectivity index (χ2n) is 16.0. The van der Waals surface area contributed by atoms with Crippen molar-refractivity contribution in [2.24, 2.45) is 0 Å². The Morgan fingerprint density at radius 3 is 1.57 bits per heavy atom. The zero-order valence-corrected chi connectivity index (χ0v) is 35.1. The van der Waals surface area contributed by atoms with Crippen LogP contribution in [0.4, 0.5) is 17.1 Å². The number of benzene rings is 9. The highest BCUT2D eigenvalue weighted by molar-refractivity contribution is 7.25. The fourth-order valence-corrected chi connectivity index (χ4v) is 10.3. The lowest BCUT2D eigenvalue weighted by atomic mass is 9.97. The number of thiophene rings is 1. The van der Waals surface area contributed by atoms with Gasteiger partial charge in [0.25, 0.3) is 0 Å². The molecular weight excluding hydrogens is 783 g/mol. The minimum atomic E-state index is 1.09. The van der Waals surface area contributed by atoms with Gasteiger partial charge < -0.3 is 9.47 Å². The van der Waals surface area contributed by atoms with Gasteiger partial charge in [-0.1, -0.05) is 127 Å². The first kappa shape index (κ1) is 36.8. The highest BCUT2D eigenvalue weighted by Crippen LogP contribution is 2.41. The largest absolute Gasteiger partial charge is 0.310 e. The average Bonchev–Trinajstić information content (AvgIpc) is 3.90. The Morgan fingerprint density at radius 1 is 0.333 bits per heavy atom. The number of para-hydroxylation sites is 2. The molecule has 0 spiro atoms. The molecule has 0 bridgehead atoms. The van der Waals surface area contributed by atoms with Crippen LogP contribution in [0, 0.1) is 0 Å². The predicted molar refractivity (Wildman–Crippen MR) is 268 cm³/mol. The van der Waals surface area contributed by atoms with Gasteiger partial charge in [0.15, 0.2) is 0 Å². The monoisotopic (exact) mass is 821 g/mol. The van der Waals surface area contributed by atoms with Crippen LogP contribution < -0.4 is 4.90 Å². The Morgan fingerprint density at radius 2 is 0.873 bits per heavy atom. The first-order valence-corrected chi connectivity index (χ1v) is 22.2. The molecule has 0 saturated heterocycles. The summed E-state index contributed by atoms with van der Waals surface area (Å²) in [6.07, 6.45) is 3.73. The summed E-state index contributed by atoms with van der Waals surface area (Å²) in [4.78, 5) is 6.70. The van der Waals surface area contributed by atoms with Crippen LogP contribution in [0.3, 0.4) is 0 Å². The predicted octanol–water partition coefficient (Wildman–Crippen LogP) is 16.7.